The molecule has 0 saturated heterocycles. The Kier molecular flexibility index (Phi) is 25.4. The van der Waals surface area contributed by atoms with Gasteiger partial charge in [-0.15, -0.1) is 0 Å². The molecule has 0 aliphatic rings. The van der Waals surface area contributed by atoms with Crippen LogP contribution in [0.2, 0.25) is 0 Å². The van der Waals surface area contributed by atoms with Crippen molar-refractivity contribution in [2.45, 2.75) is 136 Å². The molecule has 0 aromatic carbocycles. The van der Waals surface area contributed by atoms with Gasteiger partial charge in [0, 0.05) is 12.8 Å². The molecule has 9 nitrogen and oxygen atoms in total. The Hall–Kier alpha value is -1.25. The molecule has 10 heteroatoms. The lowest BCUT2D eigenvalue weighted by atomic mass is 10.1. The van der Waals surface area contributed by atoms with E-state index in [1.54, 1.807) is 0 Å². The van der Waals surface area contributed by atoms with Crippen LogP contribution in [0.25, 0.3) is 0 Å². The van der Waals surface area contributed by atoms with Gasteiger partial charge in [-0.1, -0.05) is 96.6 Å². The number of esters is 2. The number of nitrogens with zero attached hydrogens (tertiary/aromatic N) is 1. The van der Waals surface area contributed by atoms with Crippen LogP contribution in [0, 0.1) is 0 Å². The average molecular weight is 620 g/mol. The number of allylic oxidation sites excluding steroid dienone is 2. The van der Waals surface area contributed by atoms with Gasteiger partial charge in [-0.05, 0) is 32.1 Å². The molecule has 0 fully saturated rings. The van der Waals surface area contributed by atoms with Crippen molar-refractivity contribution in [3.63, 3.8) is 0 Å². The van der Waals surface area contributed by atoms with Crippen LogP contribution < -0.4 is 4.89 Å². The van der Waals surface area contributed by atoms with Crippen LogP contribution >= 0.6 is 7.82 Å². The van der Waals surface area contributed by atoms with E-state index in [1.165, 1.54) is 38.5 Å². The van der Waals surface area contributed by atoms with Crippen LogP contribution in [0.15, 0.2) is 12.2 Å². The van der Waals surface area contributed by atoms with E-state index in [1.807, 2.05) is 21.1 Å². The number of carbonyl (C=O) groups excluding carboxylic acids is 2. The second-order valence-corrected chi connectivity index (χ2v) is 13.6. The number of likely N-dealkylation sites (N-methyl/N-ethyl adjacent to an activating group) is 1. The highest BCUT2D eigenvalue weighted by Gasteiger charge is 2.21. The summed E-state index contributed by atoms with van der Waals surface area (Å²) in [6.07, 6.45) is 21.2. The molecule has 0 rings (SSSR count). The van der Waals surface area contributed by atoms with Crippen molar-refractivity contribution in [3.8, 4) is 0 Å². The Morgan fingerprint density at radius 3 is 1.83 bits per heavy atom. The van der Waals surface area contributed by atoms with Crippen LogP contribution in [0.5, 0.6) is 0 Å². The second kappa shape index (κ2) is 26.2. The average Bonchev–Trinajstić information content (AvgIpc) is 2.92. The third kappa shape index (κ3) is 28.9. The fraction of sp³-hybridized carbons (Fsp3) is 0.875. The van der Waals surface area contributed by atoms with Crippen molar-refractivity contribution in [2.75, 3.05) is 47.5 Å². The molecule has 0 amide bonds. The summed E-state index contributed by atoms with van der Waals surface area (Å²) in [5, 5.41) is 0. The molecule has 0 bridgehead atoms. The maximum atomic E-state index is 12.5. The van der Waals surface area contributed by atoms with E-state index >= 15 is 0 Å². The van der Waals surface area contributed by atoms with Crippen LogP contribution in [0.1, 0.15) is 129 Å². The van der Waals surface area contributed by atoms with Crippen LogP contribution in [0.4, 0.5) is 0 Å². The first-order chi connectivity index (χ1) is 20.0. The lowest BCUT2D eigenvalue weighted by Crippen LogP contribution is -2.37. The Labute approximate surface area is 256 Å². The number of ether oxygens (including phenoxy) is 2. The molecule has 0 heterocycles. The zero-order chi connectivity index (χ0) is 31.5. The maximum absolute atomic E-state index is 12.5. The van der Waals surface area contributed by atoms with Crippen LogP contribution in [-0.4, -0.2) is 70.0 Å². The van der Waals surface area contributed by atoms with E-state index < -0.39 is 32.5 Å². The van der Waals surface area contributed by atoms with Gasteiger partial charge in [-0.25, -0.2) is 0 Å². The summed E-state index contributed by atoms with van der Waals surface area (Å²) < 4.78 is 33.5. The lowest BCUT2D eigenvalue weighted by Gasteiger charge is -2.28. The molecule has 0 radical (unpaired) electrons. The molecule has 0 aromatic heterocycles. The molecular formula is C32H62NO8P. The fourth-order valence-electron chi connectivity index (χ4n) is 4.10. The first-order valence-corrected chi connectivity index (χ1v) is 17.9. The number of phosphoric ester groups is 1. The highest BCUT2D eigenvalue weighted by molar-refractivity contribution is 7.45. The molecule has 248 valence electrons. The zero-order valence-corrected chi connectivity index (χ0v) is 28.3. The fourth-order valence-corrected chi connectivity index (χ4v) is 4.83. The molecule has 0 aromatic rings. The normalized spacial score (nSPS) is 14.1. The van der Waals surface area contributed by atoms with E-state index in [4.69, 9.17) is 18.5 Å². The number of hydrogen-bond donors (Lipinski definition) is 0. The summed E-state index contributed by atoms with van der Waals surface area (Å²) in [5.41, 5.74) is 0. The van der Waals surface area contributed by atoms with Crippen molar-refractivity contribution in [1.82, 2.24) is 0 Å². The molecule has 0 N–H and O–H groups in total. The highest BCUT2D eigenvalue weighted by Crippen LogP contribution is 2.38. The number of hydrogen-bond acceptors (Lipinski definition) is 8. The number of quaternary nitrogens is 1. The summed E-state index contributed by atoms with van der Waals surface area (Å²) in [5.74, 6) is -0.855. The van der Waals surface area contributed by atoms with E-state index in [2.05, 4.69) is 26.0 Å². The molecule has 1 unspecified atom stereocenters. The number of carbonyl (C=O) groups is 2. The molecular weight excluding hydrogens is 557 g/mol. The van der Waals surface area contributed by atoms with Gasteiger partial charge in [-0.3, -0.25) is 14.2 Å². The zero-order valence-electron chi connectivity index (χ0n) is 27.4. The van der Waals surface area contributed by atoms with Crippen molar-refractivity contribution in [2.24, 2.45) is 0 Å². The Balaban J connectivity index is 4.53. The summed E-state index contributed by atoms with van der Waals surface area (Å²) in [6, 6.07) is 0. The quantitative estimate of drug-likeness (QED) is 0.0283. The minimum Gasteiger partial charge on any atom is -0.756 e. The van der Waals surface area contributed by atoms with E-state index in [9.17, 15) is 19.0 Å². The van der Waals surface area contributed by atoms with E-state index in [0.29, 0.717) is 17.4 Å². The third-order valence-corrected chi connectivity index (χ3v) is 7.75. The Morgan fingerprint density at radius 2 is 1.24 bits per heavy atom. The smallest absolute Gasteiger partial charge is 0.306 e. The van der Waals surface area contributed by atoms with Crippen molar-refractivity contribution in [1.29, 1.82) is 0 Å². The summed E-state index contributed by atoms with van der Waals surface area (Å²) in [6.45, 7) is 4.09. The number of rotatable bonds is 29. The maximum Gasteiger partial charge on any atom is 0.306 e. The Morgan fingerprint density at radius 1 is 0.714 bits per heavy atom. The van der Waals surface area contributed by atoms with Gasteiger partial charge in [0.15, 0.2) is 6.10 Å². The number of unbranched alkanes of at least 4 members (excludes halogenated alkanes) is 13. The lowest BCUT2D eigenvalue weighted by molar-refractivity contribution is -0.870. The van der Waals surface area contributed by atoms with Gasteiger partial charge in [0.2, 0.25) is 0 Å². The predicted octanol–water partition coefficient (Wildman–Crippen LogP) is 7.27. The largest absolute Gasteiger partial charge is 0.756 e. The van der Waals surface area contributed by atoms with Gasteiger partial charge in [0.25, 0.3) is 7.82 Å². The van der Waals surface area contributed by atoms with E-state index in [-0.39, 0.29) is 26.1 Å². The predicted molar refractivity (Wildman–Crippen MR) is 167 cm³/mol. The van der Waals surface area contributed by atoms with E-state index in [0.717, 1.165) is 57.8 Å². The summed E-state index contributed by atoms with van der Waals surface area (Å²) in [7, 11) is 1.16. The molecule has 0 aliphatic carbocycles. The first-order valence-electron chi connectivity index (χ1n) is 16.4. The highest BCUT2D eigenvalue weighted by atomic mass is 31.2. The minimum absolute atomic E-state index is 0.0304. The SMILES string of the molecule is CCCC/C=C/CCCCCCCC(=O)O[C@H](COC(=O)CCCCCCCCC)COP(=O)([O-])OCC[N+](C)(C)C. The van der Waals surface area contributed by atoms with Gasteiger partial charge in [0.05, 0.1) is 27.7 Å². The molecule has 0 spiro atoms. The first kappa shape index (κ1) is 40.8. The van der Waals surface area contributed by atoms with Crippen molar-refractivity contribution >= 4 is 19.8 Å². The van der Waals surface area contributed by atoms with Gasteiger partial charge in [0.1, 0.15) is 19.8 Å². The number of phosphoric acid groups is 1. The minimum atomic E-state index is -4.60. The van der Waals surface area contributed by atoms with Gasteiger partial charge >= 0.3 is 11.9 Å². The summed E-state index contributed by atoms with van der Waals surface area (Å²) in [4.78, 5) is 36.9. The molecule has 2 atom stereocenters. The molecule has 0 aliphatic heterocycles. The van der Waals surface area contributed by atoms with Gasteiger partial charge < -0.3 is 27.9 Å². The van der Waals surface area contributed by atoms with Crippen LogP contribution in [-0.2, 0) is 32.7 Å². The van der Waals surface area contributed by atoms with Crippen molar-refractivity contribution in [3.05, 3.63) is 12.2 Å². The van der Waals surface area contributed by atoms with Crippen molar-refractivity contribution < 1.29 is 42.1 Å². The van der Waals surface area contributed by atoms with Gasteiger partial charge in [-0.2, -0.15) is 0 Å². The monoisotopic (exact) mass is 619 g/mol. The second-order valence-electron chi connectivity index (χ2n) is 12.2. The Bertz CT molecular complexity index is 753. The summed E-state index contributed by atoms with van der Waals surface area (Å²) >= 11 is 0. The third-order valence-electron chi connectivity index (χ3n) is 6.79. The van der Waals surface area contributed by atoms with Crippen LogP contribution in [0.3, 0.4) is 0 Å². The topological polar surface area (TPSA) is 111 Å². The molecule has 42 heavy (non-hydrogen) atoms. The molecule has 0 saturated carbocycles. The standard InChI is InChI=1S/C32H62NO8P/c1-6-8-10-12-14-15-16-17-19-21-23-25-32(35)41-30(29-40-42(36,37)39-27-26-33(3,4)5)28-38-31(34)24-22-20-18-13-11-9-7-2/h12,14,30H,6-11,13,15-29H2,1-5H3/b14-12+/t30-/m1/s1.